The zero-order valence-electron chi connectivity index (χ0n) is 8.09. The molecular formula is C10H13Cl2NO. The Morgan fingerprint density at radius 1 is 1.36 bits per heavy atom. The minimum Gasteiger partial charge on any atom is -0.387 e. The van der Waals surface area contributed by atoms with Crippen LogP contribution in [0.1, 0.15) is 24.2 Å². The van der Waals surface area contributed by atoms with E-state index in [2.05, 4.69) is 0 Å². The van der Waals surface area contributed by atoms with E-state index < -0.39 is 6.10 Å². The zero-order valence-corrected chi connectivity index (χ0v) is 9.60. The molecule has 1 rings (SSSR count). The standard InChI is InChI=1S/C10H13Cl2NO/c1-5-8(11)4-3-7(9(5)12)10(14)6(2)13/h3-4,6,10,14H,13H2,1-2H3/t6-,10-/m0/s1. The lowest BCUT2D eigenvalue weighted by Crippen LogP contribution is -2.24. The maximum atomic E-state index is 9.74. The van der Waals surface area contributed by atoms with Crippen molar-refractivity contribution in [1.82, 2.24) is 0 Å². The average molecular weight is 234 g/mol. The van der Waals surface area contributed by atoms with Crippen LogP contribution >= 0.6 is 23.2 Å². The molecule has 0 aliphatic rings. The normalized spacial score (nSPS) is 15.3. The van der Waals surface area contributed by atoms with Gasteiger partial charge in [0.15, 0.2) is 0 Å². The van der Waals surface area contributed by atoms with Crippen LogP contribution in [0.2, 0.25) is 10.0 Å². The quantitative estimate of drug-likeness (QED) is 0.826. The molecule has 1 aromatic rings. The van der Waals surface area contributed by atoms with Crippen LogP contribution in [0, 0.1) is 6.92 Å². The molecule has 0 aliphatic carbocycles. The third-order valence-electron chi connectivity index (χ3n) is 2.17. The second-order valence-electron chi connectivity index (χ2n) is 3.38. The lowest BCUT2D eigenvalue weighted by atomic mass is 10.0. The predicted octanol–water partition coefficient (Wildman–Crippen LogP) is 2.68. The van der Waals surface area contributed by atoms with Gasteiger partial charge in [0.1, 0.15) is 0 Å². The SMILES string of the molecule is Cc1c(Cl)ccc([C@@H](O)[C@H](C)N)c1Cl. The van der Waals surface area contributed by atoms with Crippen LogP contribution in [0.3, 0.4) is 0 Å². The van der Waals surface area contributed by atoms with Crippen LogP contribution < -0.4 is 5.73 Å². The molecule has 1 aromatic carbocycles. The van der Waals surface area contributed by atoms with Gasteiger partial charge in [0.05, 0.1) is 11.1 Å². The Hall–Kier alpha value is -0.280. The average Bonchev–Trinajstić information content (AvgIpc) is 2.13. The number of aliphatic hydroxyl groups excluding tert-OH is 1. The van der Waals surface area contributed by atoms with E-state index in [1.54, 1.807) is 19.1 Å². The first-order chi connectivity index (χ1) is 6.45. The van der Waals surface area contributed by atoms with Crippen molar-refractivity contribution in [3.8, 4) is 0 Å². The molecular weight excluding hydrogens is 221 g/mol. The summed E-state index contributed by atoms with van der Waals surface area (Å²) in [5.74, 6) is 0. The lowest BCUT2D eigenvalue weighted by molar-refractivity contribution is 0.153. The molecule has 0 radical (unpaired) electrons. The van der Waals surface area contributed by atoms with Crippen molar-refractivity contribution >= 4 is 23.2 Å². The summed E-state index contributed by atoms with van der Waals surface area (Å²) in [6.45, 7) is 3.53. The van der Waals surface area contributed by atoms with Crippen LogP contribution in [-0.4, -0.2) is 11.1 Å². The fourth-order valence-corrected chi connectivity index (χ4v) is 1.68. The van der Waals surface area contributed by atoms with E-state index in [4.69, 9.17) is 28.9 Å². The molecule has 3 N–H and O–H groups in total. The smallest absolute Gasteiger partial charge is 0.0952 e. The molecule has 14 heavy (non-hydrogen) atoms. The summed E-state index contributed by atoms with van der Waals surface area (Å²) in [7, 11) is 0. The lowest BCUT2D eigenvalue weighted by Gasteiger charge is -2.17. The first-order valence-corrected chi connectivity index (χ1v) is 5.09. The van der Waals surface area contributed by atoms with E-state index in [0.29, 0.717) is 15.6 Å². The second-order valence-corrected chi connectivity index (χ2v) is 4.16. The minimum atomic E-state index is -0.751. The summed E-state index contributed by atoms with van der Waals surface area (Å²) < 4.78 is 0. The molecule has 0 aromatic heterocycles. The minimum absolute atomic E-state index is 0.354. The van der Waals surface area contributed by atoms with E-state index in [1.165, 1.54) is 0 Å². The molecule has 0 saturated heterocycles. The molecule has 2 nitrogen and oxygen atoms in total. The Morgan fingerprint density at radius 3 is 2.43 bits per heavy atom. The summed E-state index contributed by atoms with van der Waals surface area (Å²) >= 11 is 11.9. The third-order valence-corrected chi connectivity index (χ3v) is 3.08. The highest BCUT2D eigenvalue weighted by Crippen LogP contribution is 2.31. The maximum Gasteiger partial charge on any atom is 0.0952 e. The highest BCUT2D eigenvalue weighted by Gasteiger charge is 2.17. The van der Waals surface area contributed by atoms with Crippen molar-refractivity contribution in [3.63, 3.8) is 0 Å². The van der Waals surface area contributed by atoms with Gasteiger partial charge >= 0.3 is 0 Å². The monoisotopic (exact) mass is 233 g/mol. The number of benzene rings is 1. The number of aliphatic hydroxyl groups is 1. The van der Waals surface area contributed by atoms with Crippen molar-refractivity contribution in [1.29, 1.82) is 0 Å². The molecule has 78 valence electrons. The fraction of sp³-hybridized carbons (Fsp3) is 0.400. The molecule has 0 saturated carbocycles. The number of hydrogen-bond acceptors (Lipinski definition) is 2. The van der Waals surface area contributed by atoms with Crippen molar-refractivity contribution in [2.45, 2.75) is 26.0 Å². The van der Waals surface area contributed by atoms with E-state index in [0.717, 1.165) is 5.56 Å². The summed E-state index contributed by atoms with van der Waals surface area (Å²) in [5.41, 5.74) is 6.98. The zero-order chi connectivity index (χ0) is 10.9. The van der Waals surface area contributed by atoms with E-state index >= 15 is 0 Å². The number of nitrogens with two attached hydrogens (primary N) is 1. The summed E-state index contributed by atoms with van der Waals surface area (Å²) in [4.78, 5) is 0. The molecule has 0 spiro atoms. The van der Waals surface area contributed by atoms with Gasteiger partial charge in [-0.25, -0.2) is 0 Å². The molecule has 0 amide bonds. The van der Waals surface area contributed by atoms with Gasteiger partial charge in [0, 0.05) is 16.6 Å². The topological polar surface area (TPSA) is 46.2 Å². The Bertz CT molecular complexity index is 339. The molecule has 2 atom stereocenters. The molecule has 0 unspecified atom stereocenters. The van der Waals surface area contributed by atoms with Gasteiger partial charge in [0.2, 0.25) is 0 Å². The Balaban J connectivity index is 3.17. The summed E-state index contributed by atoms with van der Waals surface area (Å²) in [6.07, 6.45) is -0.751. The predicted molar refractivity (Wildman–Crippen MR) is 59.8 cm³/mol. The highest BCUT2D eigenvalue weighted by molar-refractivity contribution is 6.36. The Kier molecular flexibility index (Phi) is 3.78. The van der Waals surface area contributed by atoms with Gasteiger partial charge in [-0.05, 0) is 25.5 Å². The van der Waals surface area contributed by atoms with Crippen molar-refractivity contribution in [3.05, 3.63) is 33.3 Å². The fourth-order valence-electron chi connectivity index (χ4n) is 1.19. The second kappa shape index (κ2) is 4.49. The summed E-state index contributed by atoms with van der Waals surface area (Å²) in [5, 5.41) is 10.8. The molecule has 4 heteroatoms. The first-order valence-electron chi connectivity index (χ1n) is 4.33. The van der Waals surface area contributed by atoms with Crippen molar-refractivity contribution < 1.29 is 5.11 Å². The van der Waals surface area contributed by atoms with Gasteiger partial charge in [0.25, 0.3) is 0 Å². The van der Waals surface area contributed by atoms with Crippen LogP contribution in [0.4, 0.5) is 0 Å². The van der Waals surface area contributed by atoms with Gasteiger partial charge in [-0.1, -0.05) is 29.3 Å². The molecule has 0 bridgehead atoms. The molecule has 0 aliphatic heterocycles. The summed E-state index contributed by atoms with van der Waals surface area (Å²) in [6, 6.07) is 3.06. The van der Waals surface area contributed by atoms with Crippen LogP contribution in [-0.2, 0) is 0 Å². The van der Waals surface area contributed by atoms with Gasteiger partial charge in [-0.3, -0.25) is 0 Å². The van der Waals surface area contributed by atoms with Gasteiger partial charge in [-0.2, -0.15) is 0 Å². The highest BCUT2D eigenvalue weighted by atomic mass is 35.5. The van der Waals surface area contributed by atoms with Crippen LogP contribution in [0.5, 0.6) is 0 Å². The number of hydrogen-bond donors (Lipinski definition) is 2. The molecule has 0 heterocycles. The third kappa shape index (κ3) is 2.20. The number of rotatable bonds is 2. The largest absolute Gasteiger partial charge is 0.387 e. The number of halogens is 2. The van der Waals surface area contributed by atoms with Crippen LogP contribution in [0.25, 0.3) is 0 Å². The van der Waals surface area contributed by atoms with Gasteiger partial charge < -0.3 is 10.8 Å². The van der Waals surface area contributed by atoms with Gasteiger partial charge in [-0.15, -0.1) is 0 Å². The van der Waals surface area contributed by atoms with Crippen LogP contribution in [0.15, 0.2) is 12.1 Å². The Morgan fingerprint density at radius 2 is 1.93 bits per heavy atom. The van der Waals surface area contributed by atoms with Crippen molar-refractivity contribution in [2.24, 2.45) is 5.73 Å². The first kappa shape index (κ1) is 11.8. The van der Waals surface area contributed by atoms with E-state index in [1.807, 2.05) is 6.92 Å². The Labute approximate surface area is 93.6 Å². The van der Waals surface area contributed by atoms with E-state index in [-0.39, 0.29) is 6.04 Å². The maximum absolute atomic E-state index is 9.74. The van der Waals surface area contributed by atoms with E-state index in [9.17, 15) is 5.11 Å². The van der Waals surface area contributed by atoms with Crippen molar-refractivity contribution in [2.75, 3.05) is 0 Å². The molecule has 0 fully saturated rings.